The number of pyridine rings is 1. The topological polar surface area (TPSA) is 93.6 Å². The van der Waals surface area contributed by atoms with E-state index in [9.17, 15) is 18.0 Å². The largest absolute Gasteiger partial charge is 0.452 e. The molecule has 0 unspecified atom stereocenters. The number of hydrogen-bond donors (Lipinski definition) is 0. The van der Waals surface area contributed by atoms with Crippen LogP contribution in [-0.4, -0.2) is 60.4 Å². The van der Waals surface area contributed by atoms with Crippen molar-refractivity contribution in [1.29, 1.82) is 0 Å². The summed E-state index contributed by atoms with van der Waals surface area (Å²) < 4.78 is 29.2. The first kappa shape index (κ1) is 19.8. The summed E-state index contributed by atoms with van der Waals surface area (Å²) in [5, 5.41) is 0. The molecule has 9 heteroatoms. The van der Waals surface area contributed by atoms with E-state index in [2.05, 4.69) is 20.9 Å². The normalized spacial score (nSPS) is 20.0. The number of carbonyl (C=O) groups excluding carboxylic acids is 2. The third-order valence-electron chi connectivity index (χ3n) is 4.22. The smallest absolute Gasteiger partial charge is 0.340 e. The molecule has 25 heavy (non-hydrogen) atoms. The fourth-order valence-corrected chi connectivity index (χ4v) is 4.89. The van der Waals surface area contributed by atoms with Gasteiger partial charge in [0.15, 0.2) is 16.4 Å². The zero-order chi connectivity index (χ0) is 18.6. The van der Waals surface area contributed by atoms with Crippen LogP contribution in [0, 0.1) is 0 Å². The number of nitrogens with zero attached hydrogens (tertiary/aromatic N) is 2. The van der Waals surface area contributed by atoms with Gasteiger partial charge in [0.25, 0.3) is 5.91 Å². The summed E-state index contributed by atoms with van der Waals surface area (Å²) in [5.74, 6) is -0.980. The van der Waals surface area contributed by atoms with E-state index in [0.717, 1.165) is 0 Å². The van der Waals surface area contributed by atoms with Gasteiger partial charge in [0.1, 0.15) is 0 Å². The minimum Gasteiger partial charge on any atom is -0.452 e. The molecular formula is C16H21BrN2O5S. The zero-order valence-corrected chi connectivity index (χ0v) is 16.5. The van der Waals surface area contributed by atoms with Crippen LogP contribution in [0.15, 0.2) is 22.9 Å². The highest BCUT2D eigenvalue weighted by Crippen LogP contribution is 2.21. The van der Waals surface area contributed by atoms with Crippen molar-refractivity contribution in [3.05, 3.63) is 28.5 Å². The Bertz CT molecular complexity index is 753. The molecule has 1 saturated heterocycles. The molecule has 0 aromatic carbocycles. The molecule has 0 N–H and O–H groups in total. The van der Waals surface area contributed by atoms with Crippen LogP contribution in [0.2, 0.25) is 0 Å². The van der Waals surface area contributed by atoms with Crippen LogP contribution in [0.3, 0.4) is 0 Å². The summed E-state index contributed by atoms with van der Waals surface area (Å²) in [5.41, 5.74) is 0.237. The molecule has 0 bridgehead atoms. The molecule has 2 atom stereocenters. The second-order valence-electron chi connectivity index (χ2n) is 6.08. The third-order valence-corrected chi connectivity index (χ3v) is 6.41. The van der Waals surface area contributed by atoms with Crippen molar-refractivity contribution < 1.29 is 22.7 Å². The number of sulfone groups is 1. The van der Waals surface area contributed by atoms with Gasteiger partial charge in [-0.05, 0) is 41.8 Å². The van der Waals surface area contributed by atoms with E-state index in [4.69, 9.17) is 4.74 Å². The lowest BCUT2D eigenvalue weighted by molar-refractivity contribution is -0.138. The molecule has 7 nitrogen and oxygen atoms in total. The SMILES string of the molecule is CC[C@@H](C)N(C(=O)COC(=O)c1cncc(Br)c1)[C@@H]1CCS(=O)(=O)C1. The predicted molar refractivity (Wildman–Crippen MR) is 95.9 cm³/mol. The average molecular weight is 433 g/mol. The Balaban J connectivity index is 2.03. The van der Waals surface area contributed by atoms with Gasteiger partial charge in [-0.2, -0.15) is 0 Å². The Labute approximate surface area is 155 Å². The standard InChI is InChI=1S/C16H21BrN2O5S/c1-3-11(2)19(14-4-5-25(22,23)10-14)15(20)9-24-16(21)12-6-13(17)8-18-7-12/h6-8,11,14H,3-5,9-10H2,1-2H3/t11-,14-/m1/s1. The molecule has 0 aliphatic carbocycles. The maximum absolute atomic E-state index is 12.6. The Morgan fingerprint density at radius 2 is 2.16 bits per heavy atom. The molecule has 1 amide bonds. The number of ether oxygens (including phenoxy) is 1. The van der Waals surface area contributed by atoms with Crippen molar-refractivity contribution >= 4 is 37.6 Å². The van der Waals surface area contributed by atoms with Crippen molar-refractivity contribution in [2.45, 2.75) is 38.8 Å². The van der Waals surface area contributed by atoms with Gasteiger partial charge in [0.05, 0.1) is 17.1 Å². The lowest BCUT2D eigenvalue weighted by atomic mass is 10.1. The summed E-state index contributed by atoms with van der Waals surface area (Å²) >= 11 is 3.22. The van der Waals surface area contributed by atoms with Crippen LogP contribution < -0.4 is 0 Å². The summed E-state index contributed by atoms with van der Waals surface area (Å²) in [6.07, 6.45) is 3.99. The molecule has 0 spiro atoms. The van der Waals surface area contributed by atoms with Crippen molar-refractivity contribution in [2.24, 2.45) is 0 Å². The lowest BCUT2D eigenvalue weighted by Gasteiger charge is -2.33. The van der Waals surface area contributed by atoms with E-state index in [0.29, 0.717) is 17.3 Å². The maximum Gasteiger partial charge on any atom is 0.340 e. The Morgan fingerprint density at radius 1 is 1.44 bits per heavy atom. The van der Waals surface area contributed by atoms with Crippen LogP contribution in [0.5, 0.6) is 0 Å². The van der Waals surface area contributed by atoms with E-state index < -0.39 is 22.4 Å². The van der Waals surface area contributed by atoms with Gasteiger partial charge in [0, 0.05) is 29.0 Å². The van der Waals surface area contributed by atoms with Crippen molar-refractivity contribution in [1.82, 2.24) is 9.88 Å². The zero-order valence-electron chi connectivity index (χ0n) is 14.1. The first-order valence-corrected chi connectivity index (χ1v) is 10.6. The first-order chi connectivity index (χ1) is 11.7. The number of hydrogen-bond acceptors (Lipinski definition) is 6. The summed E-state index contributed by atoms with van der Waals surface area (Å²) in [6, 6.07) is 1.06. The molecule has 1 aromatic heterocycles. The number of rotatable bonds is 6. The van der Waals surface area contributed by atoms with E-state index in [-0.39, 0.29) is 35.1 Å². The molecule has 0 radical (unpaired) electrons. The van der Waals surface area contributed by atoms with Gasteiger partial charge in [0.2, 0.25) is 0 Å². The second-order valence-corrected chi connectivity index (χ2v) is 9.23. The van der Waals surface area contributed by atoms with E-state index in [1.54, 1.807) is 11.0 Å². The Kier molecular flexibility index (Phi) is 6.56. The molecule has 138 valence electrons. The summed E-state index contributed by atoms with van der Waals surface area (Å²) in [6.45, 7) is 3.36. The minimum absolute atomic E-state index is 0.0351. The van der Waals surface area contributed by atoms with Crippen LogP contribution in [0.4, 0.5) is 0 Å². The summed E-state index contributed by atoms with van der Waals surface area (Å²) in [7, 11) is -3.11. The van der Waals surface area contributed by atoms with Gasteiger partial charge >= 0.3 is 5.97 Å². The predicted octanol–water partition coefficient (Wildman–Crippen LogP) is 1.82. The van der Waals surface area contributed by atoms with Crippen molar-refractivity contribution in [3.8, 4) is 0 Å². The second kappa shape index (κ2) is 8.27. The van der Waals surface area contributed by atoms with Gasteiger partial charge in [-0.15, -0.1) is 0 Å². The molecule has 1 aliphatic rings. The first-order valence-electron chi connectivity index (χ1n) is 8.02. The number of aromatic nitrogens is 1. The molecule has 1 aliphatic heterocycles. The van der Waals surface area contributed by atoms with E-state index >= 15 is 0 Å². The fourth-order valence-electron chi connectivity index (χ4n) is 2.81. The molecular weight excluding hydrogens is 412 g/mol. The monoisotopic (exact) mass is 432 g/mol. The Hall–Kier alpha value is -1.48. The molecule has 0 saturated carbocycles. The van der Waals surface area contributed by atoms with Gasteiger partial charge in [-0.25, -0.2) is 13.2 Å². The van der Waals surface area contributed by atoms with Crippen molar-refractivity contribution in [3.63, 3.8) is 0 Å². The molecule has 2 heterocycles. The maximum atomic E-state index is 12.6. The number of esters is 1. The van der Waals surface area contributed by atoms with Crippen LogP contribution in [-0.2, 0) is 19.4 Å². The minimum atomic E-state index is -3.11. The van der Waals surface area contributed by atoms with Crippen LogP contribution in [0.25, 0.3) is 0 Å². The quantitative estimate of drug-likeness (QED) is 0.636. The number of carbonyl (C=O) groups is 2. The molecule has 1 aromatic rings. The van der Waals surface area contributed by atoms with Gasteiger partial charge < -0.3 is 9.64 Å². The fraction of sp³-hybridized carbons (Fsp3) is 0.562. The highest BCUT2D eigenvalue weighted by molar-refractivity contribution is 9.10. The van der Waals surface area contributed by atoms with Crippen LogP contribution >= 0.6 is 15.9 Å². The Morgan fingerprint density at radius 3 is 2.72 bits per heavy atom. The van der Waals surface area contributed by atoms with E-state index in [1.165, 1.54) is 12.4 Å². The number of halogens is 1. The van der Waals surface area contributed by atoms with Crippen molar-refractivity contribution in [2.75, 3.05) is 18.1 Å². The van der Waals surface area contributed by atoms with Gasteiger partial charge in [-0.3, -0.25) is 9.78 Å². The molecule has 1 fully saturated rings. The average Bonchev–Trinajstić information content (AvgIpc) is 2.92. The lowest BCUT2D eigenvalue weighted by Crippen LogP contribution is -2.48. The highest BCUT2D eigenvalue weighted by atomic mass is 79.9. The van der Waals surface area contributed by atoms with E-state index in [1.807, 2.05) is 13.8 Å². The van der Waals surface area contributed by atoms with Crippen LogP contribution in [0.1, 0.15) is 37.0 Å². The summed E-state index contributed by atoms with van der Waals surface area (Å²) in [4.78, 5) is 30.0. The highest BCUT2D eigenvalue weighted by Gasteiger charge is 2.36. The van der Waals surface area contributed by atoms with Gasteiger partial charge in [-0.1, -0.05) is 6.92 Å². The molecule has 2 rings (SSSR count). The third kappa shape index (κ3) is 5.24. The number of amides is 1.